The summed E-state index contributed by atoms with van der Waals surface area (Å²) in [4.78, 5) is 34.0. The maximum atomic E-state index is 11.6. The molecule has 2 aliphatic rings. The Kier molecular flexibility index (Phi) is 5.98. The van der Waals surface area contributed by atoms with Crippen LogP contribution in [0.1, 0.15) is 19.8 Å². The molecule has 1 saturated carbocycles. The molecule has 1 heterocycles. The zero-order valence-corrected chi connectivity index (χ0v) is 13.6. The molecule has 5 atom stereocenters. The second-order valence-electron chi connectivity index (χ2n) is 6.21. The maximum Gasteiger partial charge on any atom is 0.370 e. The molecule has 1 aliphatic heterocycles. The summed E-state index contributed by atoms with van der Waals surface area (Å²) in [5, 5.41) is 44.3. The van der Waals surface area contributed by atoms with Crippen LogP contribution in [-0.4, -0.2) is 75.2 Å². The molecule has 0 aromatic heterocycles. The van der Waals surface area contributed by atoms with Crippen molar-refractivity contribution in [2.45, 2.75) is 50.2 Å². The third kappa shape index (κ3) is 4.91. The molecule has 2 amide bonds. The summed E-state index contributed by atoms with van der Waals surface area (Å²) in [6.07, 6.45) is -3.54. The van der Waals surface area contributed by atoms with E-state index < -0.39 is 48.1 Å². The number of aliphatic carboxylic acids is 1. The summed E-state index contributed by atoms with van der Waals surface area (Å²) in [5.41, 5.74) is 0. The molecule has 0 aromatic rings. The van der Waals surface area contributed by atoms with E-state index >= 15 is 0 Å². The Balaban J connectivity index is 2.07. The van der Waals surface area contributed by atoms with Crippen molar-refractivity contribution in [3.05, 3.63) is 11.8 Å². The first-order valence-corrected chi connectivity index (χ1v) is 7.91. The van der Waals surface area contributed by atoms with Crippen LogP contribution in [0.4, 0.5) is 0 Å². The van der Waals surface area contributed by atoms with Crippen molar-refractivity contribution >= 4 is 17.8 Å². The fraction of sp³-hybridized carbons (Fsp3) is 0.667. The third-order valence-electron chi connectivity index (χ3n) is 4.05. The maximum absolute atomic E-state index is 11.6. The Hall–Kier alpha value is -2.17. The normalized spacial score (nSPS) is 28.2. The summed E-state index contributed by atoms with van der Waals surface area (Å²) in [7, 11) is 0. The molecule has 0 saturated heterocycles. The molecular weight excluding hydrogens is 336 g/mol. The van der Waals surface area contributed by atoms with Gasteiger partial charge in [0, 0.05) is 19.4 Å². The number of aliphatic hydroxyl groups excluding tert-OH is 3. The minimum absolute atomic E-state index is 0.0780. The van der Waals surface area contributed by atoms with Crippen LogP contribution >= 0.6 is 0 Å². The van der Waals surface area contributed by atoms with Gasteiger partial charge >= 0.3 is 5.97 Å². The van der Waals surface area contributed by atoms with Gasteiger partial charge in [-0.25, -0.2) is 4.79 Å². The number of carboxylic acid groups (broad SMARTS) is 1. The highest BCUT2D eigenvalue weighted by molar-refractivity contribution is 5.84. The van der Waals surface area contributed by atoms with E-state index in [0.717, 1.165) is 18.9 Å². The summed E-state index contributed by atoms with van der Waals surface area (Å²) < 4.78 is 5.15. The highest BCUT2D eigenvalue weighted by Gasteiger charge is 2.43. The van der Waals surface area contributed by atoms with E-state index in [4.69, 9.17) is 9.84 Å². The van der Waals surface area contributed by atoms with Crippen LogP contribution in [-0.2, 0) is 19.1 Å². The number of carbonyl (C=O) groups excluding carboxylic acids is 2. The highest BCUT2D eigenvalue weighted by Crippen LogP contribution is 2.28. The smallest absolute Gasteiger partial charge is 0.370 e. The summed E-state index contributed by atoms with van der Waals surface area (Å²) in [6.45, 7) is 0.907. The summed E-state index contributed by atoms with van der Waals surface area (Å²) >= 11 is 0. The van der Waals surface area contributed by atoms with Crippen LogP contribution in [0, 0.1) is 5.92 Å². The highest BCUT2D eigenvalue weighted by atomic mass is 16.5. The van der Waals surface area contributed by atoms with Crippen LogP contribution in [0.5, 0.6) is 0 Å². The average Bonchev–Trinajstić information content (AvgIpc) is 3.37. The largest absolute Gasteiger partial charge is 0.478 e. The predicted molar refractivity (Wildman–Crippen MR) is 82.0 cm³/mol. The predicted octanol–water partition coefficient (Wildman–Crippen LogP) is -2.53. The number of nitrogens with one attached hydrogen (secondary N) is 2. The number of aliphatic hydroxyl groups is 3. The number of rotatable bonds is 7. The first-order valence-electron chi connectivity index (χ1n) is 7.91. The average molecular weight is 358 g/mol. The molecule has 25 heavy (non-hydrogen) atoms. The molecule has 6 N–H and O–H groups in total. The van der Waals surface area contributed by atoms with Crippen LogP contribution in [0.3, 0.4) is 0 Å². The van der Waals surface area contributed by atoms with E-state index in [1.807, 2.05) is 0 Å². The number of hydrogen-bond acceptors (Lipinski definition) is 7. The lowest BCUT2D eigenvalue weighted by molar-refractivity contribution is -0.147. The Morgan fingerprint density at radius 3 is 2.48 bits per heavy atom. The van der Waals surface area contributed by atoms with Gasteiger partial charge in [0.05, 0.1) is 6.04 Å². The third-order valence-corrected chi connectivity index (χ3v) is 4.05. The standard InChI is InChI=1S/C15H22N2O8/c1-6(18)17-11-8(19)4-10(15(23)24)25-13(11)12(21)9(20)5-16-14(22)7-2-3-7/h4,7-9,11-13,19-21H,2-3,5H2,1H3,(H,16,22)(H,17,18)(H,23,24)/t8?,9-,11+,12-,13?/m0/s1. The fourth-order valence-electron chi connectivity index (χ4n) is 2.55. The Morgan fingerprint density at radius 1 is 1.32 bits per heavy atom. The molecule has 0 bridgehead atoms. The Bertz CT molecular complexity index is 574. The topological polar surface area (TPSA) is 165 Å². The van der Waals surface area contributed by atoms with E-state index in [1.54, 1.807) is 0 Å². The van der Waals surface area contributed by atoms with E-state index in [-0.39, 0.29) is 18.4 Å². The first kappa shape index (κ1) is 19.2. The van der Waals surface area contributed by atoms with E-state index in [2.05, 4.69) is 10.6 Å². The van der Waals surface area contributed by atoms with Gasteiger partial charge in [-0.05, 0) is 18.9 Å². The van der Waals surface area contributed by atoms with Crippen molar-refractivity contribution in [2.75, 3.05) is 6.54 Å². The minimum atomic E-state index is -1.66. The van der Waals surface area contributed by atoms with Gasteiger partial charge in [-0.15, -0.1) is 0 Å². The molecule has 140 valence electrons. The van der Waals surface area contributed by atoms with Crippen molar-refractivity contribution in [1.29, 1.82) is 0 Å². The molecule has 0 radical (unpaired) electrons. The second kappa shape index (κ2) is 7.81. The minimum Gasteiger partial charge on any atom is -0.478 e. The SMILES string of the molecule is CC(=O)N[C@@H]1C(O)C=C(C(=O)O)OC1[C@@H](O)[C@@H](O)CNC(=O)C1CC1. The number of carbonyl (C=O) groups is 3. The van der Waals surface area contributed by atoms with Gasteiger partial charge in [-0.2, -0.15) is 0 Å². The van der Waals surface area contributed by atoms with Gasteiger partial charge in [-0.1, -0.05) is 0 Å². The van der Waals surface area contributed by atoms with E-state index in [9.17, 15) is 29.7 Å². The van der Waals surface area contributed by atoms with Gasteiger partial charge in [0.2, 0.25) is 17.6 Å². The van der Waals surface area contributed by atoms with Crippen LogP contribution in [0.2, 0.25) is 0 Å². The number of hydrogen-bond donors (Lipinski definition) is 6. The lowest BCUT2D eigenvalue weighted by Gasteiger charge is -2.38. The van der Waals surface area contributed by atoms with Crippen LogP contribution in [0.25, 0.3) is 0 Å². The van der Waals surface area contributed by atoms with Crippen molar-refractivity contribution in [3.63, 3.8) is 0 Å². The van der Waals surface area contributed by atoms with Crippen LogP contribution < -0.4 is 10.6 Å². The van der Waals surface area contributed by atoms with Gasteiger partial charge in [0.25, 0.3) is 0 Å². The van der Waals surface area contributed by atoms with Gasteiger partial charge in [-0.3, -0.25) is 9.59 Å². The number of carboxylic acids is 1. The molecular formula is C15H22N2O8. The number of amides is 2. The fourth-order valence-corrected chi connectivity index (χ4v) is 2.55. The molecule has 0 aromatic carbocycles. The van der Waals surface area contributed by atoms with Gasteiger partial charge < -0.3 is 35.8 Å². The monoisotopic (exact) mass is 358 g/mol. The van der Waals surface area contributed by atoms with Crippen molar-refractivity contribution in [2.24, 2.45) is 5.92 Å². The van der Waals surface area contributed by atoms with Gasteiger partial charge in [0.1, 0.15) is 18.3 Å². The summed E-state index contributed by atoms with van der Waals surface area (Å²) in [6, 6.07) is -1.16. The molecule has 10 heteroatoms. The Morgan fingerprint density at radius 2 is 1.96 bits per heavy atom. The molecule has 10 nitrogen and oxygen atoms in total. The number of ether oxygens (including phenoxy) is 1. The zero-order valence-electron chi connectivity index (χ0n) is 13.6. The second-order valence-corrected chi connectivity index (χ2v) is 6.21. The first-order chi connectivity index (χ1) is 11.7. The van der Waals surface area contributed by atoms with Gasteiger partial charge in [0.15, 0.2) is 6.10 Å². The molecule has 2 unspecified atom stereocenters. The van der Waals surface area contributed by atoms with Crippen molar-refractivity contribution in [3.8, 4) is 0 Å². The lowest BCUT2D eigenvalue weighted by Crippen LogP contribution is -2.60. The zero-order chi connectivity index (χ0) is 18.7. The quantitative estimate of drug-likeness (QED) is 0.290. The lowest BCUT2D eigenvalue weighted by atomic mass is 9.93. The van der Waals surface area contributed by atoms with E-state index in [0.29, 0.717) is 0 Å². The molecule has 0 spiro atoms. The van der Waals surface area contributed by atoms with E-state index in [1.165, 1.54) is 6.92 Å². The Labute approximate surface area is 143 Å². The van der Waals surface area contributed by atoms with Crippen molar-refractivity contribution < 1.29 is 39.5 Å². The molecule has 1 aliphatic carbocycles. The van der Waals surface area contributed by atoms with Crippen molar-refractivity contribution in [1.82, 2.24) is 10.6 Å². The molecule has 2 rings (SSSR count). The molecule has 1 fully saturated rings. The summed E-state index contributed by atoms with van der Waals surface area (Å²) in [5.74, 6) is -2.92. The van der Waals surface area contributed by atoms with Crippen LogP contribution in [0.15, 0.2) is 11.8 Å².